The zero-order valence-electron chi connectivity index (χ0n) is 37.3. The highest BCUT2D eigenvalue weighted by atomic mass is 32.3. The molecule has 0 amide bonds. The highest BCUT2D eigenvalue weighted by Crippen LogP contribution is 2.50. The molecule has 0 unspecified atom stereocenters. The van der Waals surface area contributed by atoms with Crippen molar-refractivity contribution in [2.24, 2.45) is 0 Å². The fraction of sp³-hybridized carbons (Fsp3) is 0.250. The molecular weight excluding hydrogens is 837 g/mol. The van der Waals surface area contributed by atoms with E-state index in [1.807, 2.05) is 6.92 Å². The maximum absolute atomic E-state index is 10.5. The summed E-state index contributed by atoms with van der Waals surface area (Å²) in [6.07, 6.45) is 11.7. The number of hydrogen-bond acceptors (Lipinski definition) is 9. The minimum atomic E-state index is -4.90. The van der Waals surface area contributed by atoms with Crippen molar-refractivity contribution in [1.82, 2.24) is 0 Å². The lowest BCUT2D eigenvalue weighted by Gasteiger charge is -2.24. The van der Waals surface area contributed by atoms with E-state index in [1.165, 1.54) is 67.6 Å². The molecule has 2 aliphatic heterocycles. The Labute approximate surface area is 380 Å². The van der Waals surface area contributed by atoms with Gasteiger partial charge in [-0.25, -0.2) is 28.6 Å². The first-order valence-corrected chi connectivity index (χ1v) is 22.2. The normalized spacial score (nSPS) is 16.3. The Morgan fingerprint density at radius 3 is 1.89 bits per heavy atom. The van der Waals surface area contributed by atoms with Gasteiger partial charge in [-0.2, -0.15) is 4.58 Å². The molecule has 0 aromatic heterocycles. The number of hydrogen-bond donors (Lipinski definition) is 0. The van der Waals surface area contributed by atoms with E-state index in [1.54, 1.807) is 12.1 Å². The predicted octanol–water partition coefficient (Wildman–Crippen LogP) is 8.86. The summed E-state index contributed by atoms with van der Waals surface area (Å²) < 4.78 is 48.6. The van der Waals surface area contributed by atoms with E-state index in [9.17, 15) is 23.5 Å². The Hall–Kier alpha value is -7.52. The van der Waals surface area contributed by atoms with Crippen LogP contribution in [0.5, 0.6) is 11.5 Å². The lowest BCUT2D eigenvalue weighted by Crippen LogP contribution is -2.26. The molecule has 0 radical (unpaired) electrons. The highest BCUT2D eigenvalue weighted by molar-refractivity contribution is 7.80. The Bertz CT molecular complexity index is 3230. The minimum absolute atomic E-state index is 0.0274. The Morgan fingerprint density at radius 1 is 0.785 bits per heavy atom. The molecule has 5 aromatic carbocycles. The van der Waals surface area contributed by atoms with Crippen LogP contribution in [0, 0.1) is 35.8 Å². The summed E-state index contributed by atoms with van der Waals surface area (Å²) in [5.74, 6) is 0.0428. The second kappa shape index (κ2) is 19.5. The van der Waals surface area contributed by atoms with Crippen molar-refractivity contribution in [3.8, 4) is 23.6 Å². The van der Waals surface area contributed by atoms with Crippen molar-refractivity contribution in [3.63, 3.8) is 0 Å². The molecule has 0 fully saturated rings. The molecular formula is C52H48N6O6S. The molecule has 65 heavy (non-hydrogen) atoms. The zero-order chi connectivity index (χ0) is 47.1. The van der Waals surface area contributed by atoms with Gasteiger partial charge in [0.1, 0.15) is 25.2 Å². The van der Waals surface area contributed by atoms with Gasteiger partial charge >= 0.3 is 0 Å². The Balaban J connectivity index is 0.000000226. The number of fused-ring (bicyclic) bond motifs is 6. The number of nitriles is 2. The molecule has 0 aliphatic carbocycles. The first-order valence-electron chi connectivity index (χ1n) is 20.8. The van der Waals surface area contributed by atoms with Crippen LogP contribution in [-0.2, 0) is 25.4 Å². The van der Waals surface area contributed by atoms with Crippen molar-refractivity contribution in [2.45, 2.75) is 51.9 Å². The van der Waals surface area contributed by atoms with Gasteiger partial charge in [0.2, 0.25) is 16.1 Å². The maximum Gasteiger partial charge on any atom is 0.272 e. The van der Waals surface area contributed by atoms with Gasteiger partial charge in [0.05, 0.1) is 43.9 Å². The largest absolute Gasteiger partial charge is 0.726 e. The number of benzene rings is 5. The van der Waals surface area contributed by atoms with Crippen LogP contribution < -0.4 is 24.8 Å². The molecule has 12 nitrogen and oxygen atoms in total. The van der Waals surface area contributed by atoms with E-state index < -0.39 is 23.6 Å². The first-order chi connectivity index (χ1) is 31.0. The average Bonchev–Trinajstić information content (AvgIpc) is 3.61. The van der Waals surface area contributed by atoms with Gasteiger partial charge in [-0.3, -0.25) is 4.18 Å². The lowest BCUT2D eigenvalue weighted by molar-refractivity contribution is -0.401. The average molecular weight is 885 g/mol. The molecule has 0 atom stereocenters. The van der Waals surface area contributed by atoms with Gasteiger partial charge < -0.3 is 18.9 Å². The second-order valence-corrected chi connectivity index (χ2v) is 17.4. The summed E-state index contributed by atoms with van der Waals surface area (Å²) in [4.78, 5) is 8.57. The van der Waals surface area contributed by atoms with Gasteiger partial charge in [-0.1, -0.05) is 93.6 Å². The van der Waals surface area contributed by atoms with E-state index in [2.05, 4.69) is 168 Å². The van der Waals surface area contributed by atoms with Crippen molar-refractivity contribution < 1.29 is 31.2 Å². The van der Waals surface area contributed by atoms with Crippen LogP contribution in [0.15, 0.2) is 121 Å². The molecule has 0 saturated heterocycles. The molecule has 13 heteroatoms. The van der Waals surface area contributed by atoms with E-state index in [4.69, 9.17) is 22.6 Å². The topological polar surface area (TPSA) is 147 Å². The first kappa shape index (κ1) is 47.0. The molecule has 0 spiro atoms. The summed E-state index contributed by atoms with van der Waals surface area (Å²) in [6.45, 7) is 24.7. The van der Waals surface area contributed by atoms with Crippen LogP contribution in [0.25, 0.3) is 42.6 Å². The van der Waals surface area contributed by atoms with Crippen molar-refractivity contribution in [1.29, 1.82) is 10.5 Å². The third-order valence-corrected chi connectivity index (χ3v) is 12.0. The minimum Gasteiger partial charge on any atom is -0.726 e. The van der Waals surface area contributed by atoms with Crippen molar-refractivity contribution in [2.75, 3.05) is 38.8 Å². The molecule has 0 saturated carbocycles. The highest BCUT2D eigenvalue weighted by Gasteiger charge is 2.44. The Morgan fingerprint density at radius 2 is 1.34 bits per heavy atom. The third kappa shape index (κ3) is 9.55. The number of ether oxygens (including phenoxy) is 2. The van der Waals surface area contributed by atoms with Crippen LogP contribution in [0.2, 0.25) is 0 Å². The molecule has 2 heterocycles. The maximum atomic E-state index is 10.5. The van der Waals surface area contributed by atoms with Gasteiger partial charge in [-0.15, -0.1) is 0 Å². The zero-order valence-corrected chi connectivity index (χ0v) is 38.2. The van der Waals surface area contributed by atoms with Crippen molar-refractivity contribution in [3.05, 3.63) is 165 Å². The molecule has 328 valence electrons. The Kier molecular flexibility index (Phi) is 14.1. The van der Waals surface area contributed by atoms with Crippen LogP contribution >= 0.6 is 0 Å². The van der Waals surface area contributed by atoms with Gasteiger partial charge in [0.15, 0.2) is 5.71 Å². The second-order valence-electron chi connectivity index (χ2n) is 16.3. The summed E-state index contributed by atoms with van der Waals surface area (Å²) in [7, 11) is -0.532. The molecule has 2 aliphatic rings. The predicted molar refractivity (Wildman–Crippen MR) is 253 cm³/mol. The molecule has 0 bridgehead atoms. The van der Waals surface area contributed by atoms with Crippen molar-refractivity contribution >= 4 is 60.4 Å². The summed E-state index contributed by atoms with van der Waals surface area (Å²) in [6, 6.07) is 32.4. The number of allylic oxidation sites excluding steroid dienone is 6. The standard InChI is InChI=1S/C35H35N2.C17H14N4O6S/c1-34(2)30(36(5)28-22-20-24-14-10-12-16-26(24)32(28)34)18-8-7-9-19-31-35(3,4)33-27-17-13-11-15-25(27)21-23-29(33)37(31)6;1-4-5-25-16-8-13(15(11-19)21-3)17(9-12(16)14(10-18)20-2)26-6-7-27-28(22,23)24/h7-23H,1-6H3;8-9H,4-7H2,1H3,(H,22,23,24)/q+1;/p-1/b;14-12-,15-13+. The van der Waals surface area contributed by atoms with Crippen LogP contribution in [0.1, 0.15) is 52.2 Å². The van der Waals surface area contributed by atoms with Gasteiger partial charge in [-0.05, 0) is 77.7 Å². The summed E-state index contributed by atoms with van der Waals surface area (Å²) >= 11 is 0. The van der Waals surface area contributed by atoms with E-state index in [-0.39, 0.29) is 50.8 Å². The van der Waals surface area contributed by atoms with Crippen LogP contribution in [-0.4, -0.2) is 57.2 Å². The summed E-state index contributed by atoms with van der Waals surface area (Å²) in [5.41, 5.74) is 7.28. The van der Waals surface area contributed by atoms with E-state index >= 15 is 0 Å². The fourth-order valence-corrected chi connectivity index (χ4v) is 8.98. The van der Waals surface area contributed by atoms with Crippen LogP contribution in [0.4, 0.5) is 11.4 Å². The molecule has 5 aromatic rings. The van der Waals surface area contributed by atoms with Crippen LogP contribution in [0.3, 0.4) is 0 Å². The van der Waals surface area contributed by atoms with E-state index in [0.717, 1.165) is 0 Å². The van der Waals surface area contributed by atoms with Gasteiger partial charge in [0.25, 0.3) is 11.4 Å². The molecule has 0 N–H and O–H groups in total. The lowest BCUT2D eigenvalue weighted by atomic mass is 9.79. The number of anilines is 1. The smallest absolute Gasteiger partial charge is 0.272 e. The summed E-state index contributed by atoms with van der Waals surface area (Å²) in [5, 5.41) is 23.8. The molecule has 7 rings (SSSR count). The van der Waals surface area contributed by atoms with E-state index in [0.29, 0.717) is 6.42 Å². The number of rotatable bonds is 11. The number of likely N-dealkylation sites (N-methyl/N-ethyl adjacent to an activating group) is 1. The number of nitrogens with zero attached hydrogens (tertiary/aromatic N) is 6. The third-order valence-electron chi connectivity index (χ3n) is 11.6. The monoisotopic (exact) mass is 884 g/mol. The quantitative estimate of drug-likeness (QED) is 0.0317. The fourth-order valence-electron chi connectivity index (χ4n) is 8.70. The SMILES string of the molecule is CN1\C(=C/C=C/C=C/C2=[N+](C)c3ccc4ccccc4c3C2(C)C)C(C)(C)c2c1ccc1ccccc21.[C-]#[N+]/C(C#N)=c1/cc(OCCOS(=O)(=O)[O-])/c(=C(\C#N)[N+]#[C-])cc1OCCC. The van der Waals surface area contributed by atoms with Gasteiger partial charge in [0, 0.05) is 52.0 Å².